The van der Waals surface area contributed by atoms with E-state index in [1.165, 1.54) is 12.1 Å². The molecule has 0 spiro atoms. The maximum absolute atomic E-state index is 13.4. The number of thiophene rings is 1. The highest BCUT2D eigenvalue weighted by atomic mass is 32.2. The molecule has 0 saturated heterocycles. The number of sulfone groups is 2. The normalized spacial score (nSPS) is 18.6. The van der Waals surface area contributed by atoms with Gasteiger partial charge in [-0.1, -0.05) is 66.7 Å². The van der Waals surface area contributed by atoms with Crippen LogP contribution in [0, 0.1) is 6.92 Å². The Morgan fingerprint density at radius 1 is 0.500 bits per heavy atom. The summed E-state index contributed by atoms with van der Waals surface area (Å²) >= 11 is 1.64. The number of aryl methyl sites for hydroxylation is 1. The van der Waals surface area contributed by atoms with Crippen molar-refractivity contribution in [2.45, 2.75) is 38.7 Å². The fourth-order valence-electron chi connectivity index (χ4n) is 7.31. The predicted octanol–water partition coefficient (Wildman–Crippen LogP) is 8.15. The third-order valence-corrected chi connectivity index (χ3v) is 14.5. The van der Waals surface area contributed by atoms with Gasteiger partial charge >= 0.3 is 0 Å². The predicted molar refractivity (Wildman–Crippen MR) is 187 cm³/mol. The molecular weight excluding hydrogens is 661 g/mol. The summed E-state index contributed by atoms with van der Waals surface area (Å²) in [4.78, 5) is 0.531. The Morgan fingerprint density at radius 3 is 1.54 bits per heavy atom. The number of aliphatic hydroxyl groups excluding tert-OH is 2. The number of hydrogen-bond acceptors (Lipinski definition) is 7. The molecule has 6 aromatic carbocycles. The molecule has 2 aliphatic rings. The lowest BCUT2D eigenvalue weighted by Crippen LogP contribution is -2.18. The van der Waals surface area contributed by atoms with Gasteiger partial charge in [-0.05, 0) is 83.3 Å². The summed E-state index contributed by atoms with van der Waals surface area (Å²) < 4.78 is 55.5. The maximum atomic E-state index is 13.4. The van der Waals surface area contributed by atoms with Crippen LogP contribution in [0.4, 0.5) is 0 Å². The van der Waals surface area contributed by atoms with E-state index in [2.05, 4.69) is 31.2 Å². The molecule has 9 heteroatoms. The SMILES string of the molecule is Cc1cc(-c2ccc3c(c2)C(O)c2ccccc2S3(=O)=O)cc2sc3cc(-c4ccc5c(c4)C(O)c4ccccc4S5(=O)=O)ccc3c12. The third kappa shape index (κ3) is 4.09. The van der Waals surface area contributed by atoms with Crippen molar-refractivity contribution in [1.82, 2.24) is 0 Å². The molecule has 2 unspecified atom stereocenters. The van der Waals surface area contributed by atoms with Gasteiger partial charge in [-0.3, -0.25) is 0 Å². The minimum Gasteiger partial charge on any atom is -0.384 e. The first kappa shape index (κ1) is 29.5. The summed E-state index contributed by atoms with van der Waals surface area (Å²) in [6.45, 7) is 2.06. The van der Waals surface area contributed by atoms with Crippen LogP contribution in [0.2, 0.25) is 0 Å². The van der Waals surface area contributed by atoms with Crippen molar-refractivity contribution in [3.63, 3.8) is 0 Å². The van der Waals surface area contributed by atoms with Crippen LogP contribution in [0.3, 0.4) is 0 Å². The maximum Gasteiger partial charge on any atom is 0.207 e. The fourth-order valence-corrected chi connectivity index (χ4v) is 12.0. The molecule has 0 radical (unpaired) electrons. The van der Waals surface area contributed by atoms with Crippen molar-refractivity contribution < 1.29 is 27.0 Å². The van der Waals surface area contributed by atoms with E-state index in [0.29, 0.717) is 22.3 Å². The van der Waals surface area contributed by atoms with Crippen molar-refractivity contribution in [2.24, 2.45) is 0 Å². The van der Waals surface area contributed by atoms with E-state index in [1.54, 1.807) is 84.1 Å². The molecule has 2 atom stereocenters. The van der Waals surface area contributed by atoms with Crippen LogP contribution in [0.25, 0.3) is 42.4 Å². The van der Waals surface area contributed by atoms with Crippen LogP contribution in [0.1, 0.15) is 40.0 Å². The van der Waals surface area contributed by atoms with Crippen molar-refractivity contribution >= 4 is 51.2 Å². The highest BCUT2D eigenvalue weighted by Crippen LogP contribution is 2.45. The highest BCUT2D eigenvalue weighted by Gasteiger charge is 2.36. The Labute approximate surface area is 281 Å². The van der Waals surface area contributed by atoms with Gasteiger partial charge in [0.15, 0.2) is 0 Å². The summed E-state index contributed by atoms with van der Waals surface area (Å²) in [6, 6.07) is 33.9. The fraction of sp³-hybridized carbons (Fsp3) is 0.0769. The van der Waals surface area contributed by atoms with Gasteiger partial charge in [-0.2, -0.15) is 0 Å². The van der Waals surface area contributed by atoms with E-state index < -0.39 is 31.9 Å². The largest absolute Gasteiger partial charge is 0.384 e. The molecule has 0 saturated carbocycles. The summed E-state index contributed by atoms with van der Waals surface area (Å²) in [5, 5.41) is 24.6. The second-order valence-electron chi connectivity index (χ2n) is 12.4. The van der Waals surface area contributed by atoms with Crippen molar-refractivity contribution in [3.05, 3.63) is 143 Å². The molecule has 236 valence electrons. The molecule has 2 N–H and O–H groups in total. The molecule has 3 heterocycles. The Morgan fingerprint density at radius 2 is 0.958 bits per heavy atom. The average molecular weight is 687 g/mol. The lowest BCUT2D eigenvalue weighted by Gasteiger charge is -2.25. The molecule has 0 bridgehead atoms. The molecule has 6 nitrogen and oxygen atoms in total. The van der Waals surface area contributed by atoms with Crippen LogP contribution in [0.15, 0.2) is 135 Å². The molecule has 9 rings (SSSR count). The molecule has 0 fully saturated rings. The van der Waals surface area contributed by atoms with E-state index in [0.717, 1.165) is 48.0 Å². The lowest BCUT2D eigenvalue weighted by atomic mass is 9.94. The van der Waals surface area contributed by atoms with Crippen LogP contribution in [0.5, 0.6) is 0 Å². The van der Waals surface area contributed by atoms with Gasteiger partial charge in [0.2, 0.25) is 19.7 Å². The monoisotopic (exact) mass is 686 g/mol. The van der Waals surface area contributed by atoms with E-state index in [1.807, 2.05) is 6.07 Å². The van der Waals surface area contributed by atoms with E-state index in [9.17, 15) is 27.0 Å². The summed E-state index contributed by atoms with van der Waals surface area (Å²) in [7, 11) is -7.50. The third-order valence-electron chi connectivity index (χ3n) is 9.63. The van der Waals surface area contributed by atoms with Gasteiger partial charge in [0, 0.05) is 42.4 Å². The molecule has 48 heavy (non-hydrogen) atoms. The number of fused-ring (bicyclic) bond motifs is 7. The number of hydrogen-bond donors (Lipinski definition) is 2. The summed E-state index contributed by atoms with van der Waals surface area (Å²) in [6.07, 6.45) is -2.10. The van der Waals surface area contributed by atoms with Crippen molar-refractivity contribution in [2.75, 3.05) is 0 Å². The van der Waals surface area contributed by atoms with Crippen LogP contribution in [-0.2, 0) is 19.7 Å². The minimum absolute atomic E-state index is 0.125. The van der Waals surface area contributed by atoms with E-state index >= 15 is 0 Å². The number of benzene rings is 6. The Kier molecular flexibility index (Phi) is 6.26. The van der Waals surface area contributed by atoms with Gasteiger partial charge in [0.1, 0.15) is 12.2 Å². The number of aliphatic hydroxyl groups is 2. The van der Waals surface area contributed by atoms with Crippen molar-refractivity contribution in [3.8, 4) is 22.3 Å². The molecular formula is C39H26O6S3. The topological polar surface area (TPSA) is 109 Å². The van der Waals surface area contributed by atoms with Crippen LogP contribution in [-0.4, -0.2) is 27.0 Å². The second kappa shape index (κ2) is 10.2. The quantitative estimate of drug-likeness (QED) is 0.190. The van der Waals surface area contributed by atoms with Crippen LogP contribution >= 0.6 is 11.3 Å². The lowest BCUT2D eigenvalue weighted by molar-refractivity contribution is 0.211. The summed E-state index contributed by atoms with van der Waals surface area (Å²) in [5.74, 6) is 0. The van der Waals surface area contributed by atoms with Crippen molar-refractivity contribution in [1.29, 1.82) is 0 Å². The van der Waals surface area contributed by atoms with Gasteiger partial charge in [-0.25, -0.2) is 16.8 Å². The van der Waals surface area contributed by atoms with Gasteiger partial charge < -0.3 is 10.2 Å². The summed E-state index contributed by atoms with van der Waals surface area (Å²) in [5.41, 5.74) is 6.02. The zero-order chi connectivity index (χ0) is 33.1. The Balaban J connectivity index is 1.12. The molecule has 7 aromatic rings. The molecule has 0 amide bonds. The molecule has 2 aliphatic heterocycles. The standard InChI is InChI=1S/C39H26O6S3/c1-21-16-25(23-12-15-36-30(18-23)39(41)28-7-3-5-9-34(28)48(36,44)45)20-32-37(21)26-13-10-24(19-31(26)46-32)22-11-14-35-29(17-22)38(40)27-6-2-4-8-33(27)47(35,42)43/h2-20,38-41H,1H3. The van der Waals surface area contributed by atoms with Gasteiger partial charge in [-0.15, -0.1) is 11.3 Å². The smallest absolute Gasteiger partial charge is 0.207 e. The first-order chi connectivity index (χ1) is 23.0. The average Bonchev–Trinajstić information content (AvgIpc) is 3.48. The first-order valence-electron chi connectivity index (χ1n) is 15.3. The number of rotatable bonds is 2. The zero-order valence-electron chi connectivity index (χ0n) is 25.4. The molecule has 0 aliphatic carbocycles. The van der Waals surface area contributed by atoms with E-state index in [4.69, 9.17) is 0 Å². The first-order valence-corrected chi connectivity index (χ1v) is 19.1. The minimum atomic E-state index is -3.75. The van der Waals surface area contributed by atoms with E-state index in [-0.39, 0.29) is 19.6 Å². The Bertz CT molecular complexity index is 2760. The van der Waals surface area contributed by atoms with Gasteiger partial charge in [0.25, 0.3) is 0 Å². The second-order valence-corrected chi connectivity index (χ2v) is 17.2. The molecule has 1 aromatic heterocycles. The van der Waals surface area contributed by atoms with Crippen LogP contribution < -0.4 is 0 Å². The zero-order valence-corrected chi connectivity index (χ0v) is 27.8. The highest BCUT2D eigenvalue weighted by molar-refractivity contribution is 7.92. The Hall–Kier alpha value is -4.64. The van der Waals surface area contributed by atoms with Gasteiger partial charge in [0.05, 0.1) is 19.6 Å².